The second-order valence-corrected chi connectivity index (χ2v) is 7.16. The maximum absolute atomic E-state index is 13.0. The van der Waals surface area contributed by atoms with Crippen molar-refractivity contribution in [3.63, 3.8) is 0 Å². The summed E-state index contributed by atoms with van der Waals surface area (Å²) in [4.78, 5) is 4.66. The Bertz CT molecular complexity index is 1110. The minimum Gasteiger partial charge on any atom is -0.216 e. The standard InChI is InChI=1S/C17H13F2N7S/c18-14(19)16-22-21-12-8-9-13(23-26(12)16)27-17-20-15(10-6-7-10)25(24-17)11-4-2-1-3-5-11/h1-5,8-10,14H,6-7H2. The van der Waals surface area contributed by atoms with Crippen LogP contribution in [-0.2, 0) is 0 Å². The smallest absolute Gasteiger partial charge is 0.216 e. The van der Waals surface area contributed by atoms with Crippen LogP contribution >= 0.6 is 11.8 Å². The SMILES string of the molecule is FC(F)c1nnc2ccc(Sc3nc(C4CC4)n(-c4ccccc4)n3)nn12. The van der Waals surface area contributed by atoms with Gasteiger partial charge in [-0.05, 0) is 48.9 Å². The van der Waals surface area contributed by atoms with E-state index in [-0.39, 0.29) is 5.65 Å². The van der Waals surface area contributed by atoms with Gasteiger partial charge in [-0.1, -0.05) is 18.2 Å². The first-order chi connectivity index (χ1) is 13.2. The van der Waals surface area contributed by atoms with Crippen LogP contribution in [0.1, 0.15) is 36.8 Å². The Hall–Kier alpha value is -2.88. The summed E-state index contributed by atoms with van der Waals surface area (Å²) in [7, 11) is 0. The van der Waals surface area contributed by atoms with Crippen LogP contribution in [0, 0.1) is 0 Å². The summed E-state index contributed by atoms with van der Waals surface area (Å²) in [6, 6.07) is 13.1. The molecule has 0 bridgehead atoms. The third-order valence-corrected chi connectivity index (χ3v) is 4.99. The normalized spacial score (nSPS) is 14.3. The maximum atomic E-state index is 13.0. The van der Waals surface area contributed by atoms with Crippen molar-refractivity contribution in [2.24, 2.45) is 0 Å². The molecule has 10 heteroatoms. The Morgan fingerprint density at radius 3 is 2.56 bits per heavy atom. The summed E-state index contributed by atoms with van der Waals surface area (Å²) in [6.07, 6.45) is -0.555. The fourth-order valence-electron chi connectivity index (χ4n) is 2.79. The number of benzene rings is 1. The molecule has 27 heavy (non-hydrogen) atoms. The van der Waals surface area contributed by atoms with Crippen molar-refractivity contribution in [2.75, 3.05) is 0 Å². The summed E-state index contributed by atoms with van der Waals surface area (Å²) in [5.74, 6) is 0.849. The molecule has 0 saturated heterocycles. The van der Waals surface area contributed by atoms with Crippen molar-refractivity contribution < 1.29 is 8.78 Å². The van der Waals surface area contributed by atoms with Gasteiger partial charge in [-0.15, -0.1) is 15.3 Å². The van der Waals surface area contributed by atoms with Crippen LogP contribution in [0.4, 0.5) is 8.78 Å². The molecule has 0 spiro atoms. The van der Waals surface area contributed by atoms with Crippen molar-refractivity contribution in [1.82, 2.24) is 34.6 Å². The van der Waals surface area contributed by atoms with Gasteiger partial charge in [-0.25, -0.2) is 18.4 Å². The number of hydrogen-bond donors (Lipinski definition) is 0. The molecule has 0 radical (unpaired) electrons. The highest BCUT2D eigenvalue weighted by Crippen LogP contribution is 2.40. The second kappa shape index (κ2) is 6.38. The lowest BCUT2D eigenvalue weighted by molar-refractivity contribution is 0.137. The molecule has 5 rings (SSSR count). The van der Waals surface area contributed by atoms with Gasteiger partial charge in [0, 0.05) is 5.92 Å². The van der Waals surface area contributed by atoms with Crippen LogP contribution in [-0.4, -0.2) is 34.6 Å². The average molecular weight is 385 g/mol. The van der Waals surface area contributed by atoms with Gasteiger partial charge >= 0.3 is 0 Å². The van der Waals surface area contributed by atoms with Crippen LogP contribution in [0.25, 0.3) is 11.3 Å². The van der Waals surface area contributed by atoms with Crippen LogP contribution in [0.3, 0.4) is 0 Å². The summed E-state index contributed by atoms with van der Waals surface area (Å²) >= 11 is 1.23. The molecular weight excluding hydrogens is 372 g/mol. The number of rotatable bonds is 5. The third-order valence-electron chi connectivity index (χ3n) is 4.21. The van der Waals surface area contributed by atoms with Gasteiger partial charge in [0.05, 0.1) is 5.69 Å². The zero-order valence-corrected chi connectivity index (χ0v) is 14.7. The Balaban J connectivity index is 1.51. The van der Waals surface area contributed by atoms with Crippen molar-refractivity contribution in [3.8, 4) is 5.69 Å². The van der Waals surface area contributed by atoms with E-state index in [1.165, 1.54) is 11.8 Å². The first-order valence-corrected chi connectivity index (χ1v) is 9.21. The van der Waals surface area contributed by atoms with Gasteiger partial charge in [0.1, 0.15) is 10.9 Å². The lowest BCUT2D eigenvalue weighted by Crippen LogP contribution is -2.01. The quantitative estimate of drug-likeness (QED) is 0.522. The van der Waals surface area contributed by atoms with Gasteiger partial charge in [-0.2, -0.15) is 9.61 Å². The average Bonchev–Trinajstić information content (AvgIpc) is 3.30. The highest BCUT2D eigenvalue weighted by molar-refractivity contribution is 7.99. The van der Waals surface area contributed by atoms with E-state index in [4.69, 9.17) is 0 Å². The Kier molecular flexibility index (Phi) is 3.85. The summed E-state index contributed by atoms with van der Waals surface area (Å²) in [5.41, 5.74) is 1.22. The number of alkyl halides is 2. The van der Waals surface area contributed by atoms with Crippen LogP contribution in [0.5, 0.6) is 0 Å². The zero-order valence-electron chi connectivity index (χ0n) is 13.9. The molecule has 1 aliphatic rings. The lowest BCUT2D eigenvalue weighted by Gasteiger charge is -2.03. The van der Waals surface area contributed by atoms with E-state index in [0.29, 0.717) is 16.1 Å². The van der Waals surface area contributed by atoms with E-state index in [9.17, 15) is 8.78 Å². The molecule has 1 saturated carbocycles. The zero-order chi connectivity index (χ0) is 18.4. The van der Waals surface area contributed by atoms with E-state index in [1.54, 1.807) is 12.1 Å². The van der Waals surface area contributed by atoms with Gasteiger partial charge in [0.2, 0.25) is 11.0 Å². The van der Waals surface area contributed by atoms with Crippen LogP contribution < -0.4 is 0 Å². The molecule has 0 amide bonds. The summed E-state index contributed by atoms with van der Waals surface area (Å²) < 4.78 is 29.0. The lowest BCUT2D eigenvalue weighted by atomic mass is 10.3. The van der Waals surface area contributed by atoms with Crippen LogP contribution in [0.2, 0.25) is 0 Å². The molecule has 0 unspecified atom stereocenters. The first-order valence-electron chi connectivity index (χ1n) is 8.40. The molecule has 1 aromatic carbocycles. The molecule has 0 atom stereocenters. The minimum atomic E-state index is -2.75. The van der Waals surface area contributed by atoms with Gasteiger partial charge in [-0.3, -0.25) is 0 Å². The molecule has 4 aromatic rings. The maximum Gasteiger partial charge on any atom is 0.299 e. The number of halogens is 2. The van der Waals surface area contributed by atoms with Gasteiger partial charge in [0.15, 0.2) is 5.65 Å². The Morgan fingerprint density at radius 2 is 1.81 bits per heavy atom. The number of para-hydroxylation sites is 1. The van der Waals surface area contributed by atoms with E-state index >= 15 is 0 Å². The predicted molar refractivity (Wildman–Crippen MR) is 93.2 cm³/mol. The molecule has 3 aromatic heterocycles. The third kappa shape index (κ3) is 3.05. The fraction of sp³-hybridized carbons (Fsp3) is 0.235. The molecule has 0 aliphatic heterocycles. The van der Waals surface area contributed by atoms with E-state index < -0.39 is 12.2 Å². The monoisotopic (exact) mass is 385 g/mol. The largest absolute Gasteiger partial charge is 0.299 e. The Morgan fingerprint density at radius 1 is 1.00 bits per heavy atom. The van der Waals surface area contributed by atoms with Gasteiger partial charge in [0.25, 0.3) is 6.43 Å². The molecule has 1 aliphatic carbocycles. The topological polar surface area (TPSA) is 73.8 Å². The second-order valence-electron chi connectivity index (χ2n) is 6.18. The van der Waals surface area contributed by atoms with Crippen LogP contribution in [0.15, 0.2) is 52.6 Å². The molecular formula is C17H13F2N7S. The minimum absolute atomic E-state index is 0.274. The Labute approximate surface area is 156 Å². The molecule has 7 nitrogen and oxygen atoms in total. The summed E-state index contributed by atoms with van der Waals surface area (Å²) in [6.45, 7) is 0. The molecule has 3 heterocycles. The summed E-state index contributed by atoms with van der Waals surface area (Å²) in [5, 5.41) is 17.0. The first kappa shape index (κ1) is 16.3. The molecule has 1 fully saturated rings. The predicted octanol–water partition coefficient (Wildman–Crippen LogP) is 3.67. The number of aromatic nitrogens is 7. The van der Waals surface area contributed by atoms with Crippen molar-refractivity contribution in [2.45, 2.75) is 35.4 Å². The number of hydrogen-bond acceptors (Lipinski definition) is 6. The van der Waals surface area contributed by atoms with Gasteiger partial charge < -0.3 is 0 Å². The van der Waals surface area contributed by atoms with Crippen molar-refractivity contribution in [1.29, 1.82) is 0 Å². The highest BCUT2D eigenvalue weighted by atomic mass is 32.2. The van der Waals surface area contributed by atoms with Crippen molar-refractivity contribution >= 4 is 17.4 Å². The van der Waals surface area contributed by atoms with Crippen molar-refractivity contribution in [3.05, 3.63) is 54.1 Å². The fourth-order valence-corrected chi connectivity index (χ4v) is 3.49. The molecule has 0 N–H and O–H groups in total. The molecule has 136 valence electrons. The van der Waals surface area contributed by atoms with E-state index in [2.05, 4.69) is 25.4 Å². The van der Waals surface area contributed by atoms with E-state index in [1.807, 2.05) is 35.0 Å². The number of fused-ring (bicyclic) bond motifs is 1. The highest BCUT2D eigenvalue weighted by Gasteiger charge is 2.30. The van der Waals surface area contributed by atoms with E-state index in [0.717, 1.165) is 28.9 Å². The number of nitrogens with zero attached hydrogens (tertiary/aromatic N) is 7.